The predicted octanol–water partition coefficient (Wildman–Crippen LogP) is 3.22. The molecule has 0 fully saturated rings. The number of carbonyl (C=O) groups excluding carboxylic acids is 1. The fourth-order valence-corrected chi connectivity index (χ4v) is 1.60. The summed E-state index contributed by atoms with van der Waals surface area (Å²) in [5.74, 6) is -0.343. The first-order chi connectivity index (χ1) is 9.19. The van der Waals surface area contributed by atoms with Gasteiger partial charge in [-0.2, -0.15) is 5.26 Å². The summed E-state index contributed by atoms with van der Waals surface area (Å²) in [5.41, 5.74) is 3.09. The lowest BCUT2D eigenvalue weighted by molar-refractivity contribution is 0.0472. The smallest absolute Gasteiger partial charge is 0.338 e. The molecule has 0 saturated heterocycles. The molecule has 2 aromatic carbocycles. The Morgan fingerprint density at radius 1 is 1.11 bits per heavy atom. The molecule has 2 aromatic rings. The molecule has 0 aliphatic heterocycles. The Morgan fingerprint density at radius 2 is 1.74 bits per heavy atom. The van der Waals surface area contributed by atoms with E-state index in [0.717, 1.165) is 11.1 Å². The number of esters is 1. The summed E-state index contributed by atoms with van der Waals surface area (Å²) in [6.07, 6.45) is 0. The lowest BCUT2D eigenvalue weighted by Gasteiger charge is -2.05. The standard InChI is InChI=1S/C16H13NO2/c1-12-2-8-15(9-3-12)16(18)19-11-14-6-4-13(10-17)5-7-14/h2-9H,11H2,1H3. The second-order valence-electron chi connectivity index (χ2n) is 4.25. The second-order valence-corrected chi connectivity index (χ2v) is 4.25. The highest BCUT2D eigenvalue weighted by Crippen LogP contribution is 2.09. The minimum atomic E-state index is -0.343. The van der Waals surface area contributed by atoms with Gasteiger partial charge in [-0.05, 0) is 36.8 Å². The second kappa shape index (κ2) is 5.83. The van der Waals surface area contributed by atoms with E-state index in [1.165, 1.54) is 0 Å². The van der Waals surface area contributed by atoms with Crippen molar-refractivity contribution in [3.63, 3.8) is 0 Å². The molecule has 0 aromatic heterocycles. The van der Waals surface area contributed by atoms with Gasteiger partial charge in [0.1, 0.15) is 6.61 Å². The Kier molecular flexibility index (Phi) is 3.94. The van der Waals surface area contributed by atoms with Gasteiger partial charge in [-0.1, -0.05) is 29.8 Å². The van der Waals surface area contributed by atoms with E-state index in [9.17, 15) is 4.79 Å². The highest BCUT2D eigenvalue weighted by Gasteiger charge is 2.06. The highest BCUT2D eigenvalue weighted by molar-refractivity contribution is 5.89. The molecule has 2 rings (SSSR count). The van der Waals surface area contributed by atoms with Crippen molar-refractivity contribution in [1.82, 2.24) is 0 Å². The third kappa shape index (κ3) is 3.43. The van der Waals surface area contributed by atoms with Gasteiger partial charge in [0.25, 0.3) is 0 Å². The molecule has 19 heavy (non-hydrogen) atoms. The number of hydrogen-bond acceptors (Lipinski definition) is 3. The number of nitriles is 1. The lowest BCUT2D eigenvalue weighted by Crippen LogP contribution is -2.05. The van der Waals surface area contributed by atoms with Crippen molar-refractivity contribution in [2.24, 2.45) is 0 Å². The Labute approximate surface area is 112 Å². The molecule has 0 saturated carbocycles. The van der Waals surface area contributed by atoms with Crippen LogP contribution in [0.3, 0.4) is 0 Å². The molecule has 0 heterocycles. The molecule has 0 aliphatic carbocycles. The van der Waals surface area contributed by atoms with Crippen LogP contribution in [0.5, 0.6) is 0 Å². The molecule has 0 unspecified atom stereocenters. The maximum absolute atomic E-state index is 11.8. The van der Waals surface area contributed by atoms with Crippen molar-refractivity contribution in [1.29, 1.82) is 5.26 Å². The van der Waals surface area contributed by atoms with Crippen LogP contribution in [0.2, 0.25) is 0 Å². The number of nitrogens with zero attached hydrogens (tertiary/aromatic N) is 1. The first kappa shape index (κ1) is 12.8. The molecule has 0 amide bonds. The molecule has 0 aliphatic rings. The fourth-order valence-electron chi connectivity index (χ4n) is 1.60. The van der Waals surface area contributed by atoms with Crippen molar-refractivity contribution >= 4 is 5.97 Å². The van der Waals surface area contributed by atoms with Crippen LogP contribution in [0.15, 0.2) is 48.5 Å². The van der Waals surface area contributed by atoms with Crippen molar-refractivity contribution < 1.29 is 9.53 Å². The van der Waals surface area contributed by atoms with Crippen LogP contribution in [-0.2, 0) is 11.3 Å². The van der Waals surface area contributed by atoms with Crippen LogP contribution < -0.4 is 0 Å². The van der Waals surface area contributed by atoms with Gasteiger partial charge >= 0.3 is 5.97 Å². The van der Waals surface area contributed by atoms with Crippen LogP contribution in [0.4, 0.5) is 0 Å². The number of rotatable bonds is 3. The Morgan fingerprint density at radius 3 is 2.32 bits per heavy atom. The molecule has 0 N–H and O–H groups in total. The average molecular weight is 251 g/mol. The zero-order chi connectivity index (χ0) is 13.7. The quantitative estimate of drug-likeness (QED) is 0.787. The van der Waals surface area contributed by atoms with Gasteiger partial charge in [0.15, 0.2) is 0 Å². The van der Waals surface area contributed by atoms with Gasteiger partial charge in [0, 0.05) is 0 Å². The maximum atomic E-state index is 11.8. The van der Waals surface area contributed by atoms with Gasteiger partial charge in [0.05, 0.1) is 17.2 Å². The van der Waals surface area contributed by atoms with E-state index >= 15 is 0 Å². The van der Waals surface area contributed by atoms with Crippen molar-refractivity contribution in [2.75, 3.05) is 0 Å². The van der Waals surface area contributed by atoms with Crippen LogP contribution in [0.1, 0.15) is 27.0 Å². The SMILES string of the molecule is Cc1ccc(C(=O)OCc2ccc(C#N)cc2)cc1. The minimum Gasteiger partial charge on any atom is -0.457 e. The van der Waals surface area contributed by atoms with E-state index in [-0.39, 0.29) is 12.6 Å². The molecule has 3 nitrogen and oxygen atoms in total. The number of aryl methyl sites for hydroxylation is 1. The summed E-state index contributed by atoms with van der Waals surface area (Å²) in [4.78, 5) is 11.8. The van der Waals surface area contributed by atoms with E-state index in [0.29, 0.717) is 11.1 Å². The van der Waals surface area contributed by atoms with Crippen LogP contribution in [0.25, 0.3) is 0 Å². The third-order valence-corrected chi connectivity index (χ3v) is 2.74. The largest absolute Gasteiger partial charge is 0.457 e. The van der Waals surface area contributed by atoms with Crippen molar-refractivity contribution in [3.8, 4) is 6.07 Å². The Bertz CT molecular complexity index is 607. The van der Waals surface area contributed by atoms with Crippen LogP contribution in [-0.4, -0.2) is 5.97 Å². The summed E-state index contributed by atoms with van der Waals surface area (Å²) in [7, 11) is 0. The molecule has 0 radical (unpaired) electrons. The zero-order valence-corrected chi connectivity index (χ0v) is 10.6. The highest BCUT2D eigenvalue weighted by atomic mass is 16.5. The predicted molar refractivity (Wildman–Crippen MR) is 71.5 cm³/mol. The molecule has 3 heteroatoms. The molecule has 94 valence electrons. The molecule has 0 atom stereocenters. The average Bonchev–Trinajstić information content (AvgIpc) is 2.46. The number of hydrogen-bond donors (Lipinski definition) is 0. The van der Waals surface area contributed by atoms with E-state index in [4.69, 9.17) is 10.00 Å². The molecular formula is C16H13NO2. The summed E-state index contributed by atoms with van der Waals surface area (Å²) in [6.45, 7) is 2.17. The summed E-state index contributed by atoms with van der Waals surface area (Å²) >= 11 is 0. The van der Waals surface area contributed by atoms with E-state index in [1.807, 2.05) is 25.1 Å². The normalized spacial score (nSPS) is 9.68. The third-order valence-electron chi connectivity index (χ3n) is 2.74. The van der Waals surface area contributed by atoms with Gasteiger partial charge < -0.3 is 4.74 Å². The summed E-state index contributed by atoms with van der Waals surface area (Å²) in [6, 6.07) is 16.2. The topological polar surface area (TPSA) is 50.1 Å². The number of ether oxygens (including phenoxy) is 1. The van der Waals surface area contributed by atoms with E-state index in [2.05, 4.69) is 0 Å². The van der Waals surface area contributed by atoms with Crippen LogP contribution in [0, 0.1) is 18.3 Å². The van der Waals surface area contributed by atoms with Gasteiger partial charge in [0.2, 0.25) is 0 Å². The van der Waals surface area contributed by atoms with Gasteiger partial charge in [-0.3, -0.25) is 0 Å². The number of carbonyl (C=O) groups is 1. The van der Waals surface area contributed by atoms with Crippen LogP contribution >= 0.6 is 0 Å². The fraction of sp³-hybridized carbons (Fsp3) is 0.125. The van der Waals surface area contributed by atoms with Crippen molar-refractivity contribution in [3.05, 3.63) is 70.8 Å². The van der Waals surface area contributed by atoms with Gasteiger partial charge in [-0.15, -0.1) is 0 Å². The maximum Gasteiger partial charge on any atom is 0.338 e. The first-order valence-corrected chi connectivity index (χ1v) is 5.92. The lowest BCUT2D eigenvalue weighted by atomic mass is 10.1. The van der Waals surface area contributed by atoms with Crippen molar-refractivity contribution in [2.45, 2.75) is 13.5 Å². The van der Waals surface area contributed by atoms with E-state index < -0.39 is 0 Å². The Balaban J connectivity index is 1.96. The summed E-state index contributed by atoms with van der Waals surface area (Å²) < 4.78 is 5.21. The molecule has 0 bridgehead atoms. The minimum absolute atomic E-state index is 0.207. The first-order valence-electron chi connectivity index (χ1n) is 5.92. The van der Waals surface area contributed by atoms with Gasteiger partial charge in [-0.25, -0.2) is 4.79 Å². The zero-order valence-electron chi connectivity index (χ0n) is 10.6. The molecule has 0 spiro atoms. The number of benzene rings is 2. The Hall–Kier alpha value is -2.60. The summed E-state index contributed by atoms with van der Waals surface area (Å²) in [5, 5.41) is 8.68. The monoisotopic (exact) mass is 251 g/mol. The molecular weight excluding hydrogens is 238 g/mol. The van der Waals surface area contributed by atoms with E-state index in [1.54, 1.807) is 36.4 Å².